The van der Waals surface area contributed by atoms with Gasteiger partial charge in [-0.2, -0.15) is 0 Å². The van der Waals surface area contributed by atoms with Gasteiger partial charge in [-0.25, -0.2) is 4.98 Å². The first kappa shape index (κ1) is 16.3. The van der Waals surface area contributed by atoms with Crippen molar-refractivity contribution in [1.82, 2.24) is 10.3 Å². The molecule has 1 aliphatic rings. The molecule has 3 heteroatoms. The Bertz CT molecular complexity index is 462. The molecule has 2 rings (SSSR count). The minimum Gasteiger partial charge on any atom is -0.356 e. The summed E-state index contributed by atoms with van der Waals surface area (Å²) in [6.45, 7) is 14.2. The van der Waals surface area contributed by atoms with Crippen LogP contribution in [0.25, 0.3) is 0 Å². The lowest BCUT2D eigenvalue weighted by Crippen LogP contribution is -2.35. The molecule has 1 atom stereocenters. The van der Waals surface area contributed by atoms with Crippen molar-refractivity contribution >= 4 is 5.82 Å². The summed E-state index contributed by atoms with van der Waals surface area (Å²) in [5, 5.41) is 3.57. The van der Waals surface area contributed by atoms with Gasteiger partial charge in [0.25, 0.3) is 0 Å². The second-order valence-electron chi connectivity index (χ2n) is 7.47. The molecule has 0 aliphatic carbocycles. The second kappa shape index (κ2) is 6.78. The van der Waals surface area contributed by atoms with Gasteiger partial charge >= 0.3 is 0 Å². The number of hydrogen-bond donors (Lipinski definition) is 1. The molecule has 1 saturated heterocycles. The van der Waals surface area contributed by atoms with Gasteiger partial charge in [-0.1, -0.05) is 13.3 Å². The third kappa shape index (κ3) is 4.99. The molecule has 1 unspecified atom stereocenters. The lowest BCUT2D eigenvalue weighted by Gasteiger charge is -2.22. The number of hydrogen-bond acceptors (Lipinski definition) is 3. The number of pyridine rings is 1. The Balaban J connectivity index is 2.05. The summed E-state index contributed by atoms with van der Waals surface area (Å²) in [6, 6.07) is 4.46. The zero-order valence-corrected chi connectivity index (χ0v) is 14.4. The summed E-state index contributed by atoms with van der Waals surface area (Å²) >= 11 is 0. The predicted molar refractivity (Wildman–Crippen MR) is 90.8 cm³/mol. The average Bonchev–Trinajstić information content (AvgIpc) is 2.84. The van der Waals surface area contributed by atoms with Crippen molar-refractivity contribution < 1.29 is 0 Å². The Morgan fingerprint density at radius 3 is 2.76 bits per heavy atom. The van der Waals surface area contributed by atoms with Crippen molar-refractivity contribution in [3.8, 4) is 0 Å². The van der Waals surface area contributed by atoms with Crippen molar-refractivity contribution in [2.45, 2.75) is 66.0 Å². The van der Waals surface area contributed by atoms with Crippen LogP contribution in [-0.2, 0) is 6.54 Å². The zero-order chi connectivity index (χ0) is 15.5. The van der Waals surface area contributed by atoms with Gasteiger partial charge in [-0.3, -0.25) is 0 Å². The summed E-state index contributed by atoms with van der Waals surface area (Å²) in [5.74, 6) is 2.02. The van der Waals surface area contributed by atoms with Gasteiger partial charge in [0.2, 0.25) is 0 Å². The van der Waals surface area contributed by atoms with Gasteiger partial charge in [-0.05, 0) is 64.2 Å². The Morgan fingerprint density at radius 2 is 2.10 bits per heavy atom. The normalized spacial score (nSPS) is 19.3. The van der Waals surface area contributed by atoms with E-state index in [2.05, 4.69) is 57.0 Å². The quantitative estimate of drug-likeness (QED) is 0.891. The molecule has 1 aromatic heterocycles. The van der Waals surface area contributed by atoms with E-state index in [1.807, 2.05) is 0 Å². The Labute approximate surface area is 130 Å². The lowest BCUT2D eigenvalue weighted by atomic mass is 10.0. The number of nitrogens with one attached hydrogen (secondary N) is 1. The Morgan fingerprint density at radius 1 is 1.33 bits per heavy atom. The minimum atomic E-state index is 0.150. The van der Waals surface area contributed by atoms with Crippen molar-refractivity contribution in [1.29, 1.82) is 0 Å². The molecule has 0 aromatic carbocycles. The van der Waals surface area contributed by atoms with Crippen LogP contribution < -0.4 is 10.2 Å². The first-order valence-corrected chi connectivity index (χ1v) is 8.35. The fraction of sp³-hybridized carbons (Fsp3) is 0.722. The topological polar surface area (TPSA) is 28.2 Å². The molecule has 21 heavy (non-hydrogen) atoms. The number of anilines is 1. The van der Waals surface area contributed by atoms with Gasteiger partial charge in [-0.15, -0.1) is 0 Å². The third-order valence-electron chi connectivity index (χ3n) is 4.13. The standard InChI is InChI=1S/C18H31N3/c1-6-7-15-8-9-21(13-15)17-11-16(10-14(2)20-17)12-19-18(3,4)5/h10-11,15,19H,6-9,12-13H2,1-5H3. The fourth-order valence-electron chi connectivity index (χ4n) is 3.04. The van der Waals surface area contributed by atoms with E-state index < -0.39 is 0 Å². The Kier molecular flexibility index (Phi) is 5.26. The lowest BCUT2D eigenvalue weighted by molar-refractivity contribution is 0.424. The average molecular weight is 289 g/mol. The van der Waals surface area contributed by atoms with E-state index in [1.165, 1.54) is 37.2 Å². The molecule has 1 aliphatic heterocycles. The monoisotopic (exact) mass is 289 g/mol. The van der Waals surface area contributed by atoms with Crippen molar-refractivity contribution in [3.63, 3.8) is 0 Å². The van der Waals surface area contributed by atoms with Gasteiger partial charge in [0.05, 0.1) is 0 Å². The van der Waals surface area contributed by atoms with Crippen LogP contribution >= 0.6 is 0 Å². The maximum atomic E-state index is 4.75. The zero-order valence-electron chi connectivity index (χ0n) is 14.4. The molecule has 0 amide bonds. The highest BCUT2D eigenvalue weighted by Gasteiger charge is 2.23. The van der Waals surface area contributed by atoms with Gasteiger partial charge in [0.1, 0.15) is 5.82 Å². The van der Waals surface area contributed by atoms with Crippen LogP contribution in [0.4, 0.5) is 5.82 Å². The minimum absolute atomic E-state index is 0.150. The summed E-state index contributed by atoms with van der Waals surface area (Å²) in [4.78, 5) is 7.22. The van der Waals surface area contributed by atoms with Gasteiger partial charge in [0, 0.05) is 30.9 Å². The number of rotatable bonds is 5. The predicted octanol–water partition coefficient (Wildman–Crippen LogP) is 3.90. The fourth-order valence-corrected chi connectivity index (χ4v) is 3.04. The van der Waals surface area contributed by atoms with Crippen LogP contribution in [-0.4, -0.2) is 23.6 Å². The largest absolute Gasteiger partial charge is 0.356 e. The molecule has 1 aromatic rings. The highest BCUT2D eigenvalue weighted by Crippen LogP contribution is 2.26. The highest BCUT2D eigenvalue weighted by molar-refractivity contribution is 5.43. The second-order valence-corrected chi connectivity index (χ2v) is 7.47. The number of aryl methyl sites for hydroxylation is 1. The van der Waals surface area contributed by atoms with E-state index in [0.717, 1.165) is 24.7 Å². The summed E-state index contributed by atoms with van der Waals surface area (Å²) in [6.07, 6.45) is 3.96. The van der Waals surface area contributed by atoms with Crippen LogP contribution in [0.5, 0.6) is 0 Å². The smallest absolute Gasteiger partial charge is 0.129 e. The Hall–Kier alpha value is -1.09. The molecule has 1 fully saturated rings. The van der Waals surface area contributed by atoms with Crippen molar-refractivity contribution in [2.24, 2.45) is 5.92 Å². The van der Waals surface area contributed by atoms with Crippen LogP contribution in [0.15, 0.2) is 12.1 Å². The van der Waals surface area contributed by atoms with E-state index in [0.29, 0.717) is 0 Å². The summed E-state index contributed by atoms with van der Waals surface area (Å²) < 4.78 is 0. The molecule has 1 N–H and O–H groups in total. The van der Waals surface area contributed by atoms with E-state index in [-0.39, 0.29) is 5.54 Å². The molecule has 0 saturated carbocycles. The van der Waals surface area contributed by atoms with E-state index in [9.17, 15) is 0 Å². The molecule has 3 nitrogen and oxygen atoms in total. The molecular weight excluding hydrogens is 258 g/mol. The first-order chi connectivity index (χ1) is 9.87. The molecule has 0 radical (unpaired) electrons. The maximum Gasteiger partial charge on any atom is 0.129 e. The van der Waals surface area contributed by atoms with Crippen LogP contribution in [0.1, 0.15) is 58.2 Å². The third-order valence-corrected chi connectivity index (χ3v) is 4.13. The number of aromatic nitrogens is 1. The van der Waals surface area contributed by atoms with E-state index in [4.69, 9.17) is 4.98 Å². The number of nitrogens with zero attached hydrogens (tertiary/aromatic N) is 2. The van der Waals surface area contributed by atoms with Crippen LogP contribution in [0, 0.1) is 12.8 Å². The van der Waals surface area contributed by atoms with Gasteiger partial charge in [0.15, 0.2) is 0 Å². The highest BCUT2D eigenvalue weighted by atomic mass is 15.2. The summed E-state index contributed by atoms with van der Waals surface area (Å²) in [7, 11) is 0. The van der Waals surface area contributed by atoms with Gasteiger partial charge < -0.3 is 10.2 Å². The van der Waals surface area contributed by atoms with E-state index in [1.54, 1.807) is 0 Å². The molecule has 0 spiro atoms. The molecule has 118 valence electrons. The summed E-state index contributed by atoms with van der Waals surface area (Å²) in [5.41, 5.74) is 2.61. The maximum absolute atomic E-state index is 4.75. The van der Waals surface area contributed by atoms with Crippen LogP contribution in [0.2, 0.25) is 0 Å². The van der Waals surface area contributed by atoms with E-state index >= 15 is 0 Å². The first-order valence-electron chi connectivity index (χ1n) is 8.35. The van der Waals surface area contributed by atoms with Crippen LogP contribution in [0.3, 0.4) is 0 Å². The van der Waals surface area contributed by atoms with Crippen molar-refractivity contribution in [2.75, 3.05) is 18.0 Å². The molecule has 0 bridgehead atoms. The SMILES string of the molecule is CCCC1CCN(c2cc(CNC(C)(C)C)cc(C)n2)C1. The van der Waals surface area contributed by atoms with Crippen molar-refractivity contribution in [3.05, 3.63) is 23.4 Å². The molecular formula is C18H31N3. The molecule has 2 heterocycles.